The molecule has 2 heterocycles. The summed E-state index contributed by atoms with van der Waals surface area (Å²) in [5.74, 6) is -1.80. The predicted molar refractivity (Wildman–Crippen MR) is 267 cm³/mol. The monoisotopic (exact) mass is 955 g/mol. The largest absolute Gasteiger partial charge is 1.00 e. The molecule has 0 aromatic heterocycles. The maximum absolute atomic E-state index is 13.8. The van der Waals surface area contributed by atoms with Gasteiger partial charge in [0.2, 0.25) is 23.6 Å². The summed E-state index contributed by atoms with van der Waals surface area (Å²) in [7, 11) is 3.44. The summed E-state index contributed by atoms with van der Waals surface area (Å²) in [5, 5.41) is 15.5. The number of aliphatic carboxylic acids is 1. The zero-order valence-corrected chi connectivity index (χ0v) is 46.2. The molecule has 16 heteroatoms. The Balaban J connectivity index is 0. The van der Waals surface area contributed by atoms with Gasteiger partial charge in [-0.1, -0.05) is 108 Å². The molecule has 8 atom stereocenters. The topological polar surface area (TPSA) is 199 Å². The fraction of sp³-hybridized carbons (Fsp3) is 0.808. The molecule has 0 radical (unpaired) electrons. The van der Waals surface area contributed by atoms with Crippen LogP contribution in [-0.2, 0) is 33.5 Å². The van der Waals surface area contributed by atoms with Crippen LogP contribution in [0.5, 0.6) is 0 Å². The Morgan fingerprint density at radius 2 is 0.985 bits per heavy atom. The van der Waals surface area contributed by atoms with Crippen LogP contribution in [0.4, 0.5) is 0 Å². The van der Waals surface area contributed by atoms with E-state index in [9.17, 15) is 33.9 Å². The number of nitrogens with one attached hydrogen (secondary N) is 2. The second-order valence-electron chi connectivity index (χ2n) is 21.7. The molecule has 2 fully saturated rings. The Hall–Kier alpha value is -3.22. The number of hydrogen-bond acceptors (Lipinski definition) is 10. The van der Waals surface area contributed by atoms with Crippen LogP contribution in [0.2, 0.25) is 0 Å². The number of carbonyl (C=O) groups is 6. The average molecular weight is 955 g/mol. The van der Waals surface area contributed by atoms with E-state index in [1.807, 2.05) is 69.2 Å². The molecule has 0 aliphatic carbocycles. The number of esters is 1. The molecule has 0 aromatic rings. The molecule has 0 spiro atoms. The second kappa shape index (κ2) is 30.5. The van der Waals surface area contributed by atoms with E-state index in [1.165, 1.54) is 6.92 Å². The average Bonchev–Trinajstić information content (AvgIpc) is 3.25. The molecule has 2 aliphatic heterocycles. The van der Waals surface area contributed by atoms with Crippen molar-refractivity contribution >= 4 is 35.6 Å². The van der Waals surface area contributed by atoms with E-state index in [0.717, 1.165) is 64.5 Å². The zero-order valence-electron chi connectivity index (χ0n) is 46.2. The fourth-order valence-corrected chi connectivity index (χ4v) is 8.87. The molecule has 2 aliphatic rings. The molecule has 0 saturated carbocycles. The molecule has 3 unspecified atom stereocenters. The number of likely N-dealkylation sites (tertiary alicyclic amines) is 2. The third kappa shape index (κ3) is 19.9. The number of rotatable bonds is 19. The molecule has 4 N–H and O–H groups in total. The van der Waals surface area contributed by atoms with Gasteiger partial charge in [-0.2, -0.15) is 0 Å². The van der Waals surface area contributed by atoms with Crippen LogP contribution in [0.3, 0.4) is 0 Å². The van der Waals surface area contributed by atoms with Crippen LogP contribution in [0, 0.1) is 22.7 Å². The van der Waals surface area contributed by atoms with Gasteiger partial charge in [-0.15, -0.1) is 0 Å². The standard InChI is InChI=1S/C27H49N3O4.C25H45N3O4.Li.H2O/c1-11-20(6)30-16-14-13-15-21(30)24(31)28-23(27(7,8)9)25(32)29(10)22(18(3)4)17-19(5)26(33)34-12-2;1-10-18(5)28-14-12-11-13-19(28)22(29)26-21(25(6,7)8)23(30)27(9)20(16(2)3)15-17(4)24(31)32;;/h17-18,20-23H,11-16H2,1-10H3,(H,28,31);15-16,18-21H,10-14H2,1-9H3,(H,26,29)(H,31,32);;1H2/q;;+1;/p-1/b19-17+;17-15+;;/t20?,21-,22-,23-;18?,19-,20-,21?;;/m11../s1. The molecule has 4 amide bonds. The Morgan fingerprint density at radius 1 is 0.647 bits per heavy atom. The number of piperidine rings is 2. The van der Waals surface area contributed by atoms with Gasteiger partial charge in [0.05, 0.1) is 30.8 Å². The Morgan fingerprint density at radius 3 is 1.26 bits per heavy atom. The third-order valence-corrected chi connectivity index (χ3v) is 13.5. The van der Waals surface area contributed by atoms with Gasteiger partial charge in [0.15, 0.2) is 0 Å². The first-order valence-electron chi connectivity index (χ1n) is 24.9. The first-order chi connectivity index (χ1) is 30.5. The number of carboxylic acid groups (broad SMARTS) is 1. The molecular weight excluding hydrogens is 860 g/mol. The van der Waals surface area contributed by atoms with Gasteiger partial charge in [-0.3, -0.25) is 29.0 Å². The van der Waals surface area contributed by atoms with Crippen LogP contribution < -0.4 is 29.5 Å². The molecular formula is C52H95LiN6O9. The van der Waals surface area contributed by atoms with Crippen molar-refractivity contribution in [3.8, 4) is 0 Å². The first-order valence-corrected chi connectivity index (χ1v) is 24.9. The summed E-state index contributed by atoms with van der Waals surface area (Å²) >= 11 is 0. The van der Waals surface area contributed by atoms with Crippen molar-refractivity contribution in [3.63, 3.8) is 0 Å². The minimum Gasteiger partial charge on any atom is -0.870 e. The molecule has 2 saturated heterocycles. The maximum atomic E-state index is 13.8. The smallest absolute Gasteiger partial charge is 0.870 e. The molecule has 388 valence electrons. The minimum atomic E-state index is -1.00. The van der Waals surface area contributed by atoms with Crippen molar-refractivity contribution in [3.05, 3.63) is 23.3 Å². The van der Waals surface area contributed by atoms with Crippen molar-refractivity contribution in [1.29, 1.82) is 0 Å². The molecule has 15 nitrogen and oxygen atoms in total. The number of hydrogen-bond donors (Lipinski definition) is 3. The van der Waals surface area contributed by atoms with Gasteiger partial charge in [0.25, 0.3) is 0 Å². The number of amides is 4. The van der Waals surface area contributed by atoms with Crippen molar-refractivity contribution in [2.75, 3.05) is 33.8 Å². The zero-order chi connectivity index (χ0) is 51.0. The number of carboxylic acids is 1. The van der Waals surface area contributed by atoms with E-state index in [4.69, 9.17) is 4.74 Å². The summed E-state index contributed by atoms with van der Waals surface area (Å²) < 4.78 is 5.11. The quantitative estimate of drug-likeness (QED) is 0.0924. The van der Waals surface area contributed by atoms with Crippen molar-refractivity contribution in [2.45, 2.75) is 217 Å². The van der Waals surface area contributed by atoms with Gasteiger partial charge in [0.1, 0.15) is 12.1 Å². The minimum absolute atomic E-state index is 0. The Labute approximate surface area is 424 Å². The van der Waals surface area contributed by atoms with Gasteiger partial charge in [0, 0.05) is 37.3 Å². The van der Waals surface area contributed by atoms with Crippen LogP contribution in [0.1, 0.15) is 169 Å². The number of ether oxygens (including phenoxy) is 1. The van der Waals surface area contributed by atoms with E-state index in [-0.39, 0.29) is 95.5 Å². The van der Waals surface area contributed by atoms with E-state index in [0.29, 0.717) is 24.3 Å². The van der Waals surface area contributed by atoms with E-state index >= 15 is 0 Å². The van der Waals surface area contributed by atoms with Gasteiger partial charge >= 0.3 is 30.8 Å². The summed E-state index contributed by atoms with van der Waals surface area (Å²) in [5.41, 5.74) is -0.295. The molecule has 2 rings (SSSR count). The van der Waals surface area contributed by atoms with Crippen LogP contribution in [-0.4, -0.2) is 148 Å². The van der Waals surface area contributed by atoms with Gasteiger partial charge in [-0.05, 0) is 109 Å². The van der Waals surface area contributed by atoms with Crippen LogP contribution >= 0.6 is 0 Å². The van der Waals surface area contributed by atoms with Crippen molar-refractivity contribution in [2.24, 2.45) is 22.7 Å². The van der Waals surface area contributed by atoms with Crippen molar-refractivity contribution in [1.82, 2.24) is 30.2 Å². The van der Waals surface area contributed by atoms with E-state index in [2.05, 4.69) is 48.1 Å². The van der Waals surface area contributed by atoms with Crippen LogP contribution in [0.15, 0.2) is 23.3 Å². The third-order valence-electron chi connectivity index (χ3n) is 13.5. The second-order valence-corrected chi connectivity index (χ2v) is 21.7. The normalized spacial score (nSPS) is 20.1. The molecule has 68 heavy (non-hydrogen) atoms. The predicted octanol–water partition coefficient (Wildman–Crippen LogP) is 4.67. The SMILES string of the molecule is CCC(C)N1CCCC[C@@H]1C(=O)NC(C(=O)N(C)[C@H](/C=C(\C)C(=O)O)C(C)C)C(C)(C)C.CCOC(=O)/C(C)=C/[C@H](C(C)C)N(C)C(=O)[C@@H](NC(=O)[C@H]1CCCCN1C(C)CC)C(C)(C)C.[Li+].[OH-]. The van der Waals surface area contributed by atoms with Crippen LogP contribution in [0.25, 0.3) is 0 Å². The number of nitrogens with zero attached hydrogens (tertiary/aromatic N) is 4. The molecule has 0 aromatic carbocycles. The van der Waals surface area contributed by atoms with E-state index in [1.54, 1.807) is 49.9 Å². The van der Waals surface area contributed by atoms with E-state index < -0.39 is 28.9 Å². The Kier molecular flexibility index (Phi) is 30.0. The summed E-state index contributed by atoms with van der Waals surface area (Å²) in [6, 6.07) is -1.87. The fourth-order valence-electron chi connectivity index (χ4n) is 8.87. The van der Waals surface area contributed by atoms with Gasteiger partial charge in [-0.25, -0.2) is 9.59 Å². The first kappa shape index (κ1) is 66.9. The Bertz CT molecular complexity index is 1670. The summed E-state index contributed by atoms with van der Waals surface area (Å²) in [4.78, 5) is 85.5. The van der Waals surface area contributed by atoms with Crippen molar-refractivity contribution < 1.29 is 62.9 Å². The summed E-state index contributed by atoms with van der Waals surface area (Å²) in [6.07, 6.45) is 11.2. The summed E-state index contributed by atoms with van der Waals surface area (Å²) in [6.45, 7) is 35.4. The maximum Gasteiger partial charge on any atom is 1.00 e. The number of carbonyl (C=O) groups excluding carboxylic acids is 5. The molecule has 0 bridgehead atoms. The number of likely N-dealkylation sites (N-methyl/N-ethyl adjacent to an activating group) is 2. The van der Waals surface area contributed by atoms with Gasteiger partial charge < -0.3 is 35.8 Å².